The molecular formula is C20H26ClN3O9S. The van der Waals surface area contributed by atoms with Gasteiger partial charge in [0.25, 0.3) is 11.8 Å². The Morgan fingerprint density at radius 3 is 2.44 bits per heavy atom. The van der Waals surface area contributed by atoms with Gasteiger partial charge in [-0.05, 0) is 26.3 Å². The molecule has 0 saturated carbocycles. The van der Waals surface area contributed by atoms with Gasteiger partial charge in [-0.25, -0.2) is 4.79 Å². The SMILES string of the molecule is COCC1=C(C(=O)OCOC(=O)C(C)(C)C)N2C(=O)C(NC(=O)C(=NOC)C(=O)CCl)[C@H]2SC1. The quantitative estimate of drug-likeness (QED) is 0.0805. The number of nitrogens with zero attached hydrogens (tertiary/aromatic N) is 2. The van der Waals surface area contributed by atoms with Gasteiger partial charge in [-0.1, -0.05) is 5.16 Å². The van der Waals surface area contributed by atoms with Crippen molar-refractivity contribution in [3.8, 4) is 0 Å². The van der Waals surface area contributed by atoms with Crippen molar-refractivity contribution in [2.45, 2.75) is 32.2 Å². The van der Waals surface area contributed by atoms with Crippen molar-refractivity contribution in [2.24, 2.45) is 10.6 Å². The second-order valence-electron chi connectivity index (χ2n) is 8.16. The number of amides is 2. The molecule has 34 heavy (non-hydrogen) atoms. The number of rotatable bonds is 10. The minimum absolute atomic E-state index is 0.0458. The third kappa shape index (κ3) is 6.07. The minimum atomic E-state index is -1.03. The average Bonchev–Trinajstić information content (AvgIpc) is 2.79. The van der Waals surface area contributed by atoms with Crippen LogP contribution in [0.2, 0.25) is 0 Å². The summed E-state index contributed by atoms with van der Waals surface area (Å²) in [6.45, 7) is 4.37. The van der Waals surface area contributed by atoms with E-state index in [1.807, 2.05) is 0 Å². The molecule has 188 valence electrons. The van der Waals surface area contributed by atoms with Crippen molar-refractivity contribution in [3.05, 3.63) is 11.3 Å². The molecule has 0 aromatic heterocycles. The van der Waals surface area contributed by atoms with Crippen LogP contribution in [0.5, 0.6) is 0 Å². The van der Waals surface area contributed by atoms with E-state index in [-0.39, 0.29) is 12.3 Å². The number of nitrogens with one attached hydrogen (secondary N) is 1. The van der Waals surface area contributed by atoms with E-state index in [1.165, 1.54) is 23.8 Å². The number of fused-ring (bicyclic) bond motifs is 1. The van der Waals surface area contributed by atoms with Crippen molar-refractivity contribution in [2.75, 3.05) is 39.3 Å². The smallest absolute Gasteiger partial charge is 0.358 e. The van der Waals surface area contributed by atoms with Gasteiger partial charge in [-0.2, -0.15) is 0 Å². The maximum Gasteiger partial charge on any atom is 0.358 e. The van der Waals surface area contributed by atoms with Crippen molar-refractivity contribution in [1.29, 1.82) is 0 Å². The molecule has 0 aromatic carbocycles. The highest BCUT2D eigenvalue weighted by Gasteiger charge is 2.54. The predicted octanol–water partition coefficient (Wildman–Crippen LogP) is 0.187. The average molecular weight is 520 g/mol. The Morgan fingerprint density at radius 1 is 1.21 bits per heavy atom. The van der Waals surface area contributed by atoms with Gasteiger partial charge < -0.3 is 24.4 Å². The molecule has 1 N–H and O–H groups in total. The Morgan fingerprint density at radius 2 is 1.88 bits per heavy atom. The van der Waals surface area contributed by atoms with Crippen molar-refractivity contribution >= 4 is 58.6 Å². The largest absolute Gasteiger partial charge is 0.427 e. The number of thioether (sulfide) groups is 1. The van der Waals surface area contributed by atoms with Crippen molar-refractivity contribution in [1.82, 2.24) is 10.2 Å². The Bertz CT molecular complexity index is 929. The number of carbonyl (C=O) groups excluding carboxylic acids is 5. The van der Waals surface area contributed by atoms with Crippen LogP contribution in [0.4, 0.5) is 0 Å². The van der Waals surface area contributed by atoms with E-state index < -0.39 is 64.8 Å². The van der Waals surface area contributed by atoms with Gasteiger partial charge in [0.2, 0.25) is 18.3 Å². The molecule has 0 aromatic rings. The zero-order chi connectivity index (χ0) is 25.6. The van der Waals surface area contributed by atoms with Gasteiger partial charge in [0.15, 0.2) is 0 Å². The van der Waals surface area contributed by atoms with E-state index in [2.05, 4.69) is 15.3 Å². The Balaban J connectivity index is 2.15. The fourth-order valence-electron chi connectivity index (χ4n) is 2.96. The van der Waals surface area contributed by atoms with Crippen LogP contribution in [0.25, 0.3) is 0 Å². The molecule has 0 bridgehead atoms. The first-order valence-corrected chi connectivity index (χ1v) is 11.6. The number of hydrogen-bond acceptors (Lipinski definition) is 11. The summed E-state index contributed by atoms with van der Waals surface area (Å²) in [5.41, 5.74) is -0.919. The molecule has 0 radical (unpaired) electrons. The van der Waals surface area contributed by atoms with Gasteiger partial charge in [0, 0.05) is 12.9 Å². The molecule has 0 spiro atoms. The van der Waals surface area contributed by atoms with E-state index in [0.717, 1.165) is 7.11 Å². The molecular weight excluding hydrogens is 494 g/mol. The van der Waals surface area contributed by atoms with Gasteiger partial charge in [0.05, 0.1) is 17.9 Å². The normalized spacial score (nSPS) is 20.2. The zero-order valence-electron chi connectivity index (χ0n) is 19.3. The molecule has 2 heterocycles. The van der Waals surface area contributed by atoms with Crippen LogP contribution in [-0.2, 0) is 43.0 Å². The predicted molar refractivity (Wildman–Crippen MR) is 121 cm³/mol. The molecule has 2 aliphatic rings. The lowest BCUT2D eigenvalue weighted by Gasteiger charge is -2.49. The lowest BCUT2D eigenvalue weighted by Crippen LogP contribution is -2.71. The standard InChI is InChI=1S/C20H26ClN3O9S/c1-20(2,3)19(29)33-9-32-18(28)14-10(7-30-4)8-34-17-13(16(27)24(14)17)22-15(26)12(23-31-5)11(25)6-21/h13,17H,6-9H2,1-5H3,(H,22,26)/t13?,17-/m1/s1. The van der Waals surface area contributed by atoms with Crippen LogP contribution < -0.4 is 5.32 Å². The van der Waals surface area contributed by atoms with Gasteiger partial charge >= 0.3 is 11.9 Å². The van der Waals surface area contributed by atoms with Crippen LogP contribution in [-0.4, -0.2) is 90.8 Å². The first-order valence-electron chi connectivity index (χ1n) is 9.99. The van der Waals surface area contributed by atoms with Gasteiger partial charge in [0.1, 0.15) is 24.2 Å². The zero-order valence-corrected chi connectivity index (χ0v) is 20.9. The lowest BCUT2D eigenvalue weighted by atomic mass is 9.98. The number of ether oxygens (including phenoxy) is 3. The highest BCUT2D eigenvalue weighted by atomic mass is 35.5. The van der Waals surface area contributed by atoms with Crippen LogP contribution in [0.3, 0.4) is 0 Å². The van der Waals surface area contributed by atoms with Crippen LogP contribution in [0, 0.1) is 5.41 Å². The summed E-state index contributed by atoms with van der Waals surface area (Å²) < 4.78 is 15.2. The van der Waals surface area contributed by atoms with E-state index >= 15 is 0 Å². The third-order valence-corrected chi connectivity index (χ3v) is 6.20. The lowest BCUT2D eigenvalue weighted by molar-refractivity contribution is -0.173. The number of oxime groups is 1. The fourth-order valence-corrected chi connectivity index (χ4v) is 4.42. The molecule has 0 aliphatic carbocycles. The first kappa shape index (κ1) is 27.6. The third-order valence-electron chi connectivity index (χ3n) is 4.62. The molecule has 2 rings (SSSR count). The van der Waals surface area contributed by atoms with E-state index in [4.69, 9.17) is 25.8 Å². The number of alkyl halides is 1. The number of hydrogen-bond donors (Lipinski definition) is 1. The van der Waals surface area contributed by atoms with Crippen molar-refractivity contribution in [3.63, 3.8) is 0 Å². The highest BCUT2D eigenvalue weighted by molar-refractivity contribution is 8.00. The summed E-state index contributed by atoms with van der Waals surface area (Å²) in [7, 11) is 2.59. The number of β-lactam (4-membered cyclic amide) rings is 1. The number of halogens is 1. The number of methoxy groups -OCH3 is 1. The summed E-state index contributed by atoms with van der Waals surface area (Å²) in [5.74, 6) is -3.96. The first-order chi connectivity index (χ1) is 16.0. The number of Topliss-reactive ketones (excluding diaryl/α,β-unsaturated/α-hetero) is 1. The second-order valence-corrected chi connectivity index (χ2v) is 9.53. The molecule has 1 saturated heterocycles. The topological polar surface area (TPSA) is 150 Å². The Hall–Kier alpha value is -2.64. The van der Waals surface area contributed by atoms with Crippen LogP contribution in [0.1, 0.15) is 20.8 Å². The van der Waals surface area contributed by atoms with Gasteiger partial charge in [-0.3, -0.25) is 24.1 Å². The minimum Gasteiger partial charge on any atom is -0.427 e. The molecule has 12 nitrogen and oxygen atoms in total. The Kier molecular flexibility index (Phi) is 9.47. The number of esters is 2. The molecule has 1 fully saturated rings. The molecule has 2 amide bonds. The Labute approximate surface area is 205 Å². The summed E-state index contributed by atoms with van der Waals surface area (Å²) in [4.78, 5) is 67.5. The van der Waals surface area contributed by atoms with Crippen LogP contribution >= 0.6 is 23.4 Å². The number of carbonyl (C=O) groups is 5. The monoisotopic (exact) mass is 519 g/mol. The summed E-state index contributed by atoms with van der Waals surface area (Å²) in [6, 6.07) is -1.03. The number of ketones is 1. The molecule has 14 heteroatoms. The molecule has 2 atom stereocenters. The summed E-state index contributed by atoms with van der Waals surface area (Å²) in [6.07, 6.45) is 0. The summed E-state index contributed by atoms with van der Waals surface area (Å²) >= 11 is 6.77. The van der Waals surface area contributed by atoms with E-state index in [0.29, 0.717) is 11.3 Å². The van der Waals surface area contributed by atoms with E-state index in [9.17, 15) is 24.0 Å². The highest BCUT2D eigenvalue weighted by Crippen LogP contribution is 2.40. The maximum atomic E-state index is 12.9. The molecule has 2 aliphatic heterocycles. The maximum absolute atomic E-state index is 12.9. The molecule has 1 unspecified atom stereocenters. The van der Waals surface area contributed by atoms with Gasteiger partial charge in [-0.15, -0.1) is 23.4 Å². The fraction of sp³-hybridized carbons (Fsp3) is 0.600. The van der Waals surface area contributed by atoms with Crippen LogP contribution in [0.15, 0.2) is 16.4 Å². The second kappa shape index (κ2) is 11.7. The van der Waals surface area contributed by atoms with E-state index in [1.54, 1.807) is 20.8 Å². The van der Waals surface area contributed by atoms with Crippen molar-refractivity contribution < 1.29 is 43.0 Å². The summed E-state index contributed by atoms with van der Waals surface area (Å²) in [5, 5.41) is 5.16.